The van der Waals surface area contributed by atoms with Gasteiger partial charge in [0, 0.05) is 22.0 Å². The third-order valence-electron chi connectivity index (χ3n) is 5.84. The Morgan fingerprint density at radius 2 is 1.70 bits per heavy atom. The van der Waals surface area contributed by atoms with E-state index in [4.69, 9.17) is 4.99 Å². The Labute approximate surface area is 189 Å². The van der Waals surface area contributed by atoms with Crippen molar-refractivity contribution in [2.24, 2.45) is 4.99 Å². The Morgan fingerprint density at radius 3 is 2.55 bits per heavy atom. The second-order valence-electron chi connectivity index (χ2n) is 7.95. The van der Waals surface area contributed by atoms with E-state index in [1.165, 1.54) is 0 Å². The Balaban J connectivity index is 1.49. The second-order valence-corrected chi connectivity index (χ2v) is 7.95. The summed E-state index contributed by atoms with van der Waals surface area (Å²) in [5.41, 5.74) is 5.01. The van der Waals surface area contributed by atoms with Crippen molar-refractivity contribution in [2.45, 2.75) is 13.1 Å². The molecule has 0 saturated heterocycles. The first-order valence-electron chi connectivity index (χ1n) is 10.7. The van der Waals surface area contributed by atoms with E-state index in [-0.39, 0.29) is 5.91 Å². The fourth-order valence-electron chi connectivity index (χ4n) is 4.30. The highest BCUT2D eigenvalue weighted by atomic mass is 16.2. The molecule has 0 radical (unpaired) electrons. The Morgan fingerprint density at radius 1 is 0.939 bits per heavy atom. The average Bonchev–Trinajstić information content (AvgIpc) is 3.42. The van der Waals surface area contributed by atoms with Gasteiger partial charge in [-0.15, -0.1) is 10.2 Å². The van der Waals surface area contributed by atoms with Gasteiger partial charge in [-0.05, 0) is 25.1 Å². The molecular weight excluding hydrogens is 412 g/mol. The van der Waals surface area contributed by atoms with Gasteiger partial charge in [0.25, 0.3) is 5.91 Å². The van der Waals surface area contributed by atoms with Crippen molar-refractivity contribution in [1.82, 2.24) is 25.1 Å². The molecule has 1 unspecified atom stereocenters. The molecule has 1 atom stereocenters. The summed E-state index contributed by atoms with van der Waals surface area (Å²) < 4.78 is 1.96. The Kier molecular flexibility index (Phi) is 4.40. The molecule has 1 aliphatic rings. The van der Waals surface area contributed by atoms with E-state index in [9.17, 15) is 4.79 Å². The van der Waals surface area contributed by atoms with Crippen LogP contribution in [0.15, 0.2) is 89.9 Å². The summed E-state index contributed by atoms with van der Waals surface area (Å²) in [5, 5.41) is 12.7. The lowest BCUT2D eigenvalue weighted by molar-refractivity contribution is 0.0932. The number of carbonyl (C=O) groups is 1. The minimum absolute atomic E-state index is 0.259. The van der Waals surface area contributed by atoms with Gasteiger partial charge in [-0.2, -0.15) is 0 Å². The third kappa shape index (κ3) is 3.22. The number of carbonyl (C=O) groups excluding carboxylic acids is 1. The normalized spacial score (nSPS) is 14.8. The van der Waals surface area contributed by atoms with E-state index < -0.39 is 6.17 Å². The van der Waals surface area contributed by atoms with Crippen molar-refractivity contribution in [3.8, 4) is 5.69 Å². The third-order valence-corrected chi connectivity index (χ3v) is 5.84. The number of hydrogen-bond donors (Lipinski definition) is 2. The van der Waals surface area contributed by atoms with E-state index in [1.54, 1.807) is 0 Å². The highest BCUT2D eigenvalue weighted by Gasteiger charge is 2.29. The van der Waals surface area contributed by atoms with Gasteiger partial charge in [0.15, 0.2) is 12.0 Å². The van der Waals surface area contributed by atoms with E-state index in [1.807, 2.05) is 96.4 Å². The van der Waals surface area contributed by atoms with E-state index >= 15 is 0 Å². The van der Waals surface area contributed by atoms with Gasteiger partial charge < -0.3 is 10.3 Å². The molecule has 5 aromatic rings. The van der Waals surface area contributed by atoms with Crippen LogP contribution in [0.5, 0.6) is 0 Å². The molecule has 2 N–H and O–H groups in total. The molecule has 0 saturated carbocycles. The van der Waals surface area contributed by atoms with Crippen LogP contribution >= 0.6 is 0 Å². The summed E-state index contributed by atoms with van der Waals surface area (Å²) in [5.74, 6) is 1.03. The maximum atomic E-state index is 13.3. The van der Waals surface area contributed by atoms with Crippen LogP contribution in [0.25, 0.3) is 16.6 Å². The first-order valence-corrected chi connectivity index (χ1v) is 10.7. The number of aromatic nitrogens is 4. The highest BCUT2D eigenvalue weighted by Crippen LogP contribution is 2.30. The molecule has 0 spiro atoms. The maximum Gasteiger partial charge on any atom is 0.269 e. The number of hydrogen-bond acceptors (Lipinski definition) is 4. The van der Waals surface area contributed by atoms with Gasteiger partial charge in [0.05, 0.1) is 11.4 Å². The van der Waals surface area contributed by atoms with Crippen molar-refractivity contribution >= 4 is 22.5 Å². The zero-order valence-electron chi connectivity index (χ0n) is 17.9. The van der Waals surface area contributed by atoms with Crippen LogP contribution in [0.1, 0.15) is 39.4 Å². The van der Waals surface area contributed by atoms with Crippen molar-refractivity contribution in [2.75, 3.05) is 0 Å². The molecule has 1 amide bonds. The number of aryl methyl sites for hydroxylation is 1. The Bertz CT molecular complexity index is 1500. The maximum absolute atomic E-state index is 13.3. The molecule has 1 aliphatic heterocycles. The zero-order valence-corrected chi connectivity index (χ0v) is 17.9. The summed E-state index contributed by atoms with van der Waals surface area (Å²) in [6, 6.07) is 27.6. The SMILES string of the molecule is Cc1nnc2n1-c1ccccc1C(c1ccccc1)=NC2NC(=O)c1cc2ccccc2[nH]1. The molecular formula is C26H20N6O. The number of benzene rings is 3. The van der Waals surface area contributed by atoms with Crippen molar-refractivity contribution in [1.29, 1.82) is 0 Å². The van der Waals surface area contributed by atoms with Gasteiger partial charge in [-0.3, -0.25) is 14.4 Å². The van der Waals surface area contributed by atoms with Gasteiger partial charge in [-0.1, -0.05) is 66.7 Å². The molecule has 160 valence electrons. The minimum Gasteiger partial charge on any atom is -0.351 e. The average molecular weight is 432 g/mol. The fraction of sp³-hybridized carbons (Fsp3) is 0.0769. The van der Waals surface area contributed by atoms with Crippen LogP contribution < -0.4 is 5.32 Å². The van der Waals surface area contributed by atoms with Crippen LogP contribution in [0, 0.1) is 6.92 Å². The number of para-hydroxylation sites is 2. The van der Waals surface area contributed by atoms with Gasteiger partial charge in [0.2, 0.25) is 0 Å². The quantitative estimate of drug-likeness (QED) is 0.445. The minimum atomic E-state index is -0.715. The first-order chi connectivity index (χ1) is 16.2. The van der Waals surface area contributed by atoms with Gasteiger partial charge in [0.1, 0.15) is 11.5 Å². The summed E-state index contributed by atoms with van der Waals surface area (Å²) in [6.45, 7) is 1.90. The van der Waals surface area contributed by atoms with Crippen LogP contribution in [0.2, 0.25) is 0 Å². The van der Waals surface area contributed by atoms with E-state index in [2.05, 4.69) is 20.5 Å². The molecule has 2 aromatic heterocycles. The number of nitrogens with one attached hydrogen (secondary N) is 2. The number of aliphatic imine (C=N–C) groups is 1. The number of aromatic amines is 1. The van der Waals surface area contributed by atoms with Gasteiger partial charge >= 0.3 is 0 Å². The molecule has 6 rings (SSSR count). The van der Waals surface area contributed by atoms with E-state index in [0.29, 0.717) is 11.5 Å². The summed E-state index contributed by atoms with van der Waals surface area (Å²) in [6.07, 6.45) is -0.715. The molecule has 7 nitrogen and oxygen atoms in total. The van der Waals surface area contributed by atoms with Crippen LogP contribution in [0.4, 0.5) is 0 Å². The number of nitrogens with zero attached hydrogens (tertiary/aromatic N) is 4. The molecule has 7 heteroatoms. The lowest BCUT2D eigenvalue weighted by atomic mass is 10.0. The first kappa shape index (κ1) is 19.2. The fourth-order valence-corrected chi connectivity index (χ4v) is 4.30. The van der Waals surface area contributed by atoms with Crippen molar-refractivity contribution in [3.63, 3.8) is 0 Å². The summed E-state index contributed by atoms with van der Waals surface area (Å²) in [4.78, 5) is 21.5. The lowest BCUT2D eigenvalue weighted by Crippen LogP contribution is -2.29. The smallest absolute Gasteiger partial charge is 0.269 e. The molecule has 33 heavy (non-hydrogen) atoms. The number of fused-ring (bicyclic) bond motifs is 4. The topological polar surface area (TPSA) is 88.0 Å². The molecule has 3 aromatic carbocycles. The number of H-pyrrole nitrogens is 1. The van der Waals surface area contributed by atoms with Gasteiger partial charge in [-0.25, -0.2) is 0 Å². The summed E-state index contributed by atoms with van der Waals surface area (Å²) >= 11 is 0. The molecule has 0 fully saturated rings. The standard InChI is InChI=1S/C26H20N6O/c1-16-30-31-25-24(29-26(33)21-15-18-11-5-7-13-20(18)27-21)28-23(17-9-3-2-4-10-17)19-12-6-8-14-22(19)32(16)25/h2-15,24,27H,1H3,(H,29,33). The van der Waals surface area contributed by atoms with Crippen molar-refractivity contribution in [3.05, 3.63) is 113 Å². The molecule has 3 heterocycles. The largest absolute Gasteiger partial charge is 0.351 e. The van der Waals surface area contributed by atoms with Crippen LogP contribution in [0.3, 0.4) is 0 Å². The molecule has 0 aliphatic carbocycles. The van der Waals surface area contributed by atoms with E-state index in [0.717, 1.165) is 39.3 Å². The predicted octanol–water partition coefficient (Wildman–Crippen LogP) is 4.34. The second kappa shape index (κ2) is 7.56. The lowest BCUT2D eigenvalue weighted by Gasteiger charge is -2.14. The zero-order chi connectivity index (χ0) is 22.4. The monoisotopic (exact) mass is 432 g/mol. The Hall–Kier alpha value is -4.52. The number of amides is 1. The highest BCUT2D eigenvalue weighted by molar-refractivity contribution is 6.15. The predicted molar refractivity (Wildman–Crippen MR) is 127 cm³/mol. The number of rotatable bonds is 3. The molecule has 0 bridgehead atoms. The van der Waals surface area contributed by atoms with Crippen LogP contribution in [-0.4, -0.2) is 31.4 Å². The summed E-state index contributed by atoms with van der Waals surface area (Å²) in [7, 11) is 0. The van der Waals surface area contributed by atoms with Crippen LogP contribution in [-0.2, 0) is 0 Å². The van der Waals surface area contributed by atoms with Crippen molar-refractivity contribution < 1.29 is 4.79 Å².